The molecule has 2 aliphatic rings. The summed E-state index contributed by atoms with van der Waals surface area (Å²) in [5.74, 6) is 0.754. The summed E-state index contributed by atoms with van der Waals surface area (Å²) in [6, 6.07) is 18.0. The second-order valence-electron chi connectivity index (χ2n) is 10.3. The standard InChI is InChI=1S/C32H37F2N2O2P/c1-2-37-29-14-13-28(32(39)31(29)34)27-6-3-5-22-19-23(35)9-12-26(22)30(27)21-7-10-24(11-8-21)38-25-15-18-36(20-25)17-4-16-33/h7-14,19,25H,2-6,15-18,20,35,39H2,1H3/t25-/m0/s1. The van der Waals surface area contributed by atoms with Gasteiger partial charge in [0, 0.05) is 30.6 Å². The summed E-state index contributed by atoms with van der Waals surface area (Å²) >= 11 is 0. The number of fused-ring (bicyclic) bond motifs is 1. The third-order valence-electron chi connectivity index (χ3n) is 7.63. The number of anilines is 1. The van der Waals surface area contributed by atoms with Crippen molar-refractivity contribution in [1.82, 2.24) is 4.90 Å². The van der Waals surface area contributed by atoms with Crippen LogP contribution in [0.2, 0.25) is 0 Å². The number of hydrogen-bond acceptors (Lipinski definition) is 4. The summed E-state index contributed by atoms with van der Waals surface area (Å²) in [4.78, 5) is 2.26. The molecule has 1 unspecified atom stereocenters. The fourth-order valence-electron chi connectivity index (χ4n) is 5.78. The Kier molecular flexibility index (Phi) is 8.84. The Hall–Kier alpha value is -2.95. The van der Waals surface area contributed by atoms with E-state index in [1.54, 1.807) is 6.07 Å². The van der Waals surface area contributed by atoms with Gasteiger partial charge in [-0.15, -0.1) is 9.24 Å². The third kappa shape index (κ3) is 6.13. The molecule has 1 fully saturated rings. The molecule has 1 aliphatic carbocycles. The lowest BCUT2D eigenvalue weighted by Crippen LogP contribution is -2.26. The van der Waals surface area contributed by atoms with Gasteiger partial charge >= 0.3 is 0 Å². The number of nitrogens with zero attached hydrogens (tertiary/aromatic N) is 1. The van der Waals surface area contributed by atoms with E-state index < -0.39 is 0 Å². The van der Waals surface area contributed by atoms with Gasteiger partial charge in [0.15, 0.2) is 11.6 Å². The van der Waals surface area contributed by atoms with Gasteiger partial charge in [-0.2, -0.15) is 0 Å². The third-order valence-corrected chi connectivity index (χ3v) is 8.19. The maximum absolute atomic E-state index is 15.3. The highest BCUT2D eigenvalue weighted by molar-refractivity contribution is 7.27. The lowest BCUT2D eigenvalue weighted by molar-refractivity contribution is 0.198. The van der Waals surface area contributed by atoms with Gasteiger partial charge in [0.05, 0.1) is 13.3 Å². The summed E-state index contributed by atoms with van der Waals surface area (Å²) in [6.07, 6.45) is 4.28. The molecule has 0 spiro atoms. The van der Waals surface area contributed by atoms with Crippen LogP contribution in [0.5, 0.6) is 11.5 Å². The van der Waals surface area contributed by atoms with E-state index in [0.29, 0.717) is 18.3 Å². The summed E-state index contributed by atoms with van der Waals surface area (Å²) in [7, 11) is 2.59. The Balaban J connectivity index is 1.51. The van der Waals surface area contributed by atoms with Gasteiger partial charge in [-0.3, -0.25) is 9.29 Å². The highest BCUT2D eigenvalue weighted by Gasteiger charge is 2.25. The molecular formula is C32H37F2N2O2P. The van der Waals surface area contributed by atoms with Crippen LogP contribution >= 0.6 is 9.24 Å². The molecule has 7 heteroatoms. The first kappa shape index (κ1) is 27.6. The van der Waals surface area contributed by atoms with Crippen molar-refractivity contribution in [2.45, 2.75) is 45.1 Å². The van der Waals surface area contributed by atoms with Crippen molar-refractivity contribution >= 4 is 31.4 Å². The summed E-state index contributed by atoms with van der Waals surface area (Å²) in [5, 5.41) is 0.519. The first-order valence-electron chi connectivity index (χ1n) is 13.9. The maximum atomic E-state index is 15.3. The van der Waals surface area contributed by atoms with Crippen LogP contribution in [0.4, 0.5) is 14.5 Å². The predicted molar refractivity (Wildman–Crippen MR) is 159 cm³/mol. The minimum absolute atomic E-state index is 0.110. The summed E-state index contributed by atoms with van der Waals surface area (Å²) in [5.41, 5.74) is 13.4. The lowest BCUT2D eigenvalue weighted by atomic mass is 9.87. The molecule has 4 nitrogen and oxygen atoms in total. The van der Waals surface area contributed by atoms with Crippen LogP contribution in [0.15, 0.2) is 54.6 Å². The number of nitrogen functional groups attached to an aromatic ring is 1. The molecule has 0 radical (unpaired) electrons. The zero-order valence-corrected chi connectivity index (χ0v) is 23.7. The van der Waals surface area contributed by atoms with Crippen molar-refractivity contribution in [3.63, 3.8) is 0 Å². The largest absolute Gasteiger partial charge is 0.491 e. The normalized spacial score (nSPS) is 17.7. The van der Waals surface area contributed by atoms with Crippen molar-refractivity contribution in [2.75, 3.05) is 38.6 Å². The number of nitrogens with two attached hydrogens (primary N) is 1. The van der Waals surface area contributed by atoms with Crippen LogP contribution in [0.1, 0.15) is 54.9 Å². The lowest BCUT2D eigenvalue weighted by Gasteiger charge is -2.20. The summed E-state index contributed by atoms with van der Waals surface area (Å²) in [6.45, 7) is 4.53. The molecule has 0 bridgehead atoms. The van der Waals surface area contributed by atoms with Gasteiger partial charge in [0.1, 0.15) is 11.9 Å². The zero-order chi connectivity index (χ0) is 27.4. The fraction of sp³-hybridized carbons (Fsp3) is 0.375. The van der Waals surface area contributed by atoms with Crippen LogP contribution in [-0.4, -0.2) is 43.9 Å². The molecule has 2 atom stereocenters. The smallest absolute Gasteiger partial charge is 0.172 e. The average Bonchev–Trinajstić information content (AvgIpc) is 3.30. The van der Waals surface area contributed by atoms with E-state index in [0.717, 1.165) is 84.6 Å². The van der Waals surface area contributed by atoms with E-state index in [4.69, 9.17) is 15.2 Å². The van der Waals surface area contributed by atoms with Gasteiger partial charge < -0.3 is 15.2 Å². The van der Waals surface area contributed by atoms with Gasteiger partial charge in [0.2, 0.25) is 0 Å². The van der Waals surface area contributed by atoms with Crippen LogP contribution in [0.25, 0.3) is 11.1 Å². The zero-order valence-electron chi connectivity index (χ0n) is 22.5. The predicted octanol–water partition coefficient (Wildman–Crippen LogP) is 6.42. The highest BCUT2D eigenvalue weighted by atomic mass is 31.0. The molecule has 0 saturated carbocycles. The maximum Gasteiger partial charge on any atom is 0.172 e. The summed E-state index contributed by atoms with van der Waals surface area (Å²) < 4.78 is 39.6. The van der Waals surface area contributed by atoms with E-state index in [2.05, 4.69) is 38.4 Å². The van der Waals surface area contributed by atoms with E-state index in [-0.39, 0.29) is 24.3 Å². The number of alkyl halides is 1. The minimum atomic E-state index is -0.339. The average molecular weight is 551 g/mol. The number of ether oxygens (including phenoxy) is 2. The van der Waals surface area contributed by atoms with E-state index >= 15 is 4.39 Å². The van der Waals surface area contributed by atoms with E-state index in [1.807, 2.05) is 31.2 Å². The molecular weight excluding hydrogens is 513 g/mol. The number of rotatable bonds is 9. The Bertz CT molecular complexity index is 1340. The molecule has 3 aromatic carbocycles. The van der Waals surface area contributed by atoms with Gasteiger partial charge in [-0.05, 0) is 103 Å². The molecule has 2 N–H and O–H groups in total. The number of allylic oxidation sites excluding steroid dienone is 1. The Morgan fingerprint density at radius 3 is 2.62 bits per heavy atom. The molecule has 0 amide bonds. The van der Waals surface area contributed by atoms with E-state index in [9.17, 15) is 4.39 Å². The first-order valence-corrected chi connectivity index (χ1v) is 14.4. The van der Waals surface area contributed by atoms with Crippen molar-refractivity contribution in [2.24, 2.45) is 0 Å². The molecule has 206 valence electrons. The number of aryl methyl sites for hydroxylation is 1. The fourth-order valence-corrected chi connectivity index (χ4v) is 6.19. The second kappa shape index (κ2) is 12.5. The van der Waals surface area contributed by atoms with Crippen LogP contribution in [0, 0.1) is 5.82 Å². The SMILES string of the molecule is CCOc1ccc(C2=C(c3ccc(O[C@H]4CCN(CCCF)C4)cc3)c3ccc(N)cc3CCC2)c(P)c1F. The number of benzene rings is 3. The van der Waals surface area contributed by atoms with Crippen molar-refractivity contribution < 1.29 is 18.3 Å². The molecule has 1 saturated heterocycles. The molecule has 39 heavy (non-hydrogen) atoms. The first-order chi connectivity index (χ1) is 19.0. The van der Waals surface area contributed by atoms with Crippen LogP contribution in [0.3, 0.4) is 0 Å². The number of likely N-dealkylation sites (tertiary alicyclic amines) is 1. The van der Waals surface area contributed by atoms with Crippen molar-refractivity contribution in [3.05, 3.63) is 82.7 Å². The van der Waals surface area contributed by atoms with Crippen LogP contribution < -0.4 is 20.5 Å². The van der Waals surface area contributed by atoms with Crippen molar-refractivity contribution in [3.8, 4) is 11.5 Å². The van der Waals surface area contributed by atoms with E-state index in [1.165, 1.54) is 5.56 Å². The van der Waals surface area contributed by atoms with Gasteiger partial charge in [0.25, 0.3) is 0 Å². The quantitative estimate of drug-likeness (QED) is 0.247. The molecule has 5 rings (SSSR count). The van der Waals surface area contributed by atoms with Gasteiger partial charge in [-0.25, -0.2) is 4.39 Å². The monoisotopic (exact) mass is 550 g/mol. The van der Waals surface area contributed by atoms with Crippen LogP contribution in [-0.2, 0) is 6.42 Å². The van der Waals surface area contributed by atoms with Crippen molar-refractivity contribution in [1.29, 1.82) is 0 Å². The highest BCUT2D eigenvalue weighted by Crippen LogP contribution is 2.41. The number of halogens is 2. The Labute approximate surface area is 232 Å². The molecule has 0 aromatic heterocycles. The minimum Gasteiger partial charge on any atom is -0.491 e. The number of hydrogen-bond donors (Lipinski definition) is 1. The van der Waals surface area contributed by atoms with Gasteiger partial charge in [-0.1, -0.05) is 24.3 Å². The Morgan fingerprint density at radius 2 is 1.85 bits per heavy atom. The second-order valence-corrected chi connectivity index (χ2v) is 10.9. The molecule has 1 aliphatic heterocycles. The molecule has 3 aromatic rings. The molecule has 1 heterocycles. The topological polar surface area (TPSA) is 47.7 Å². The Morgan fingerprint density at radius 1 is 1.05 bits per heavy atom.